The van der Waals surface area contributed by atoms with E-state index in [0.29, 0.717) is 11.5 Å². The van der Waals surface area contributed by atoms with E-state index in [1.54, 1.807) is 24.5 Å². The van der Waals surface area contributed by atoms with Crippen molar-refractivity contribution in [1.29, 1.82) is 0 Å². The third kappa shape index (κ3) is 1.68. The van der Waals surface area contributed by atoms with Crippen molar-refractivity contribution >= 4 is 11.5 Å². The molecule has 2 N–H and O–H groups in total. The van der Waals surface area contributed by atoms with Gasteiger partial charge in [0.15, 0.2) is 0 Å². The molecule has 0 amide bonds. The number of hydrogen-bond donors (Lipinski definition) is 2. The van der Waals surface area contributed by atoms with Gasteiger partial charge in [0.05, 0.1) is 17.3 Å². The van der Waals surface area contributed by atoms with E-state index in [2.05, 4.69) is 10.3 Å². The van der Waals surface area contributed by atoms with Gasteiger partial charge >= 0.3 is 5.97 Å². The third-order valence-electron chi connectivity index (χ3n) is 3.23. The second-order valence-electron chi connectivity index (χ2n) is 4.32. The van der Waals surface area contributed by atoms with Crippen LogP contribution in [-0.2, 0) is 0 Å². The Labute approximate surface area is 98.1 Å². The monoisotopic (exact) mass is 231 g/mol. The molecule has 1 unspecified atom stereocenters. The first-order valence-electron chi connectivity index (χ1n) is 5.67. The van der Waals surface area contributed by atoms with E-state index >= 15 is 0 Å². The number of hydrogen-bond acceptors (Lipinski definition) is 3. The standard InChI is InChI=1S/C12H13N3O2/c16-12(17)8-2-4-15-10(5-8)7-14-11(15)9-1-3-13-6-9/h2,4-5,7,9,13H,1,3,6H2,(H,16,17). The van der Waals surface area contributed by atoms with Crippen molar-refractivity contribution < 1.29 is 9.90 Å². The number of aromatic nitrogens is 2. The summed E-state index contributed by atoms with van der Waals surface area (Å²) in [4.78, 5) is 15.3. The van der Waals surface area contributed by atoms with Gasteiger partial charge in [0.2, 0.25) is 0 Å². The van der Waals surface area contributed by atoms with Crippen molar-refractivity contribution in [3.63, 3.8) is 0 Å². The Bertz CT molecular complexity index is 570. The smallest absolute Gasteiger partial charge is 0.335 e. The number of carbonyl (C=O) groups is 1. The number of imidazole rings is 1. The molecule has 0 radical (unpaired) electrons. The van der Waals surface area contributed by atoms with Gasteiger partial charge in [-0.3, -0.25) is 0 Å². The molecule has 5 heteroatoms. The number of nitrogens with one attached hydrogen (secondary N) is 1. The summed E-state index contributed by atoms with van der Waals surface area (Å²) >= 11 is 0. The van der Waals surface area contributed by atoms with Gasteiger partial charge in [0.1, 0.15) is 5.82 Å². The zero-order valence-corrected chi connectivity index (χ0v) is 9.26. The average molecular weight is 231 g/mol. The van der Waals surface area contributed by atoms with Gasteiger partial charge in [-0.2, -0.15) is 0 Å². The predicted molar refractivity (Wildman–Crippen MR) is 62.4 cm³/mol. The van der Waals surface area contributed by atoms with Crippen LogP contribution < -0.4 is 5.32 Å². The number of nitrogens with zero attached hydrogens (tertiary/aromatic N) is 2. The van der Waals surface area contributed by atoms with Gasteiger partial charge in [0, 0.05) is 18.7 Å². The number of rotatable bonds is 2. The minimum Gasteiger partial charge on any atom is -0.478 e. The van der Waals surface area contributed by atoms with Crippen molar-refractivity contribution in [3.05, 3.63) is 35.9 Å². The largest absolute Gasteiger partial charge is 0.478 e. The molecule has 0 spiro atoms. The number of pyridine rings is 1. The number of carboxylic acids is 1. The molecule has 3 rings (SSSR count). The number of carboxylic acid groups (broad SMARTS) is 1. The maximum Gasteiger partial charge on any atom is 0.335 e. The summed E-state index contributed by atoms with van der Waals surface area (Å²) in [7, 11) is 0. The Balaban J connectivity index is 2.07. The summed E-state index contributed by atoms with van der Waals surface area (Å²) in [5, 5.41) is 12.2. The minimum atomic E-state index is -0.905. The topological polar surface area (TPSA) is 66.6 Å². The lowest BCUT2D eigenvalue weighted by molar-refractivity contribution is 0.0697. The molecule has 2 aromatic heterocycles. The molecular weight excluding hydrogens is 218 g/mol. The summed E-state index contributed by atoms with van der Waals surface area (Å²) < 4.78 is 1.98. The first-order valence-corrected chi connectivity index (χ1v) is 5.67. The van der Waals surface area contributed by atoms with Crippen LogP contribution in [0.5, 0.6) is 0 Å². The van der Waals surface area contributed by atoms with Gasteiger partial charge in [-0.05, 0) is 25.1 Å². The maximum atomic E-state index is 10.9. The summed E-state index contributed by atoms with van der Waals surface area (Å²) in [6.07, 6.45) is 4.61. The van der Waals surface area contributed by atoms with Crippen LogP contribution in [0.2, 0.25) is 0 Å². The normalized spacial score (nSPS) is 19.9. The van der Waals surface area contributed by atoms with E-state index in [-0.39, 0.29) is 0 Å². The zero-order valence-electron chi connectivity index (χ0n) is 9.26. The highest BCUT2D eigenvalue weighted by atomic mass is 16.4. The summed E-state index contributed by atoms with van der Waals surface area (Å²) in [5.41, 5.74) is 1.14. The van der Waals surface area contributed by atoms with Gasteiger partial charge in [0.25, 0.3) is 0 Å². The Kier molecular flexibility index (Phi) is 2.33. The SMILES string of the molecule is O=C(O)c1ccn2c(C3CCNC3)ncc2c1. The molecule has 1 atom stereocenters. The van der Waals surface area contributed by atoms with Crippen LogP contribution in [0.15, 0.2) is 24.5 Å². The van der Waals surface area contributed by atoms with Crippen LogP contribution >= 0.6 is 0 Å². The van der Waals surface area contributed by atoms with Crippen LogP contribution in [0, 0.1) is 0 Å². The quantitative estimate of drug-likeness (QED) is 0.812. The van der Waals surface area contributed by atoms with Crippen LogP contribution in [0.1, 0.15) is 28.5 Å². The first kappa shape index (κ1) is 10.3. The lowest BCUT2D eigenvalue weighted by Crippen LogP contribution is -2.10. The van der Waals surface area contributed by atoms with Crippen LogP contribution in [-0.4, -0.2) is 33.6 Å². The van der Waals surface area contributed by atoms with Gasteiger partial charge in [-0.1, -0.05) is 0 Å². The Morgan fingerprint density at radius 3 is 3.18 bits per heavy atom. The summed E-state index contributed by atoms with van der Waals surface area (Å²) in [6, 6.07) is 3.27. The highest BCUT2D eigenvalue weighted by Gasteiger charge is 2.21. The fourth-order valence-corrected chi connectivity index (χ4v) is 2.33. The number of aromatic carboxylic acids is 1. The number of fused-ring (bicyclic) bond motifs is 1. The molecular formula is C12H13N3O2. The zero-order chi connectivity index (χ0) is 11.8. The second-order valence-corrected chi connectivity index (χ2v) is 4.32. The van der Waals surface area contributed by atoms with Gasteiger partial charge in [-0.25, -0.2) is 9.78 Å². The Morgan fingerprint density at radius 2 is 2.47 bits per heavy atom. The van der Waals surface area contributed by atoms with Gasteiger partial charge in [-0.15, -0.1) is 0 Å². The van der Waals surface area contributed by atoms with E-state index < -0.39 is 5.97 Å². The Morgan fingerprint density at radius 1 is 1.59 bits per heavy atom. The predicted octanol–water partition coefficient (Wildman–Crippen LogP) is 1.11. The van der Waals surface area contributed by atoms with Crippen molar-refractivity contribution in [2.24, 2.45) is 0 Å². The Hall–Kier alpha value is -1.88. The van der Waals surface area contributed by atoms with E-state index in [9.17, 15) is 4.79 Å². The molecule has 2 aromatic rings. The van der Waals surface area contributed by atoms with E-state index in [1.807, 2.05) is 4.40 Å². The molecule has 0 aliphatic carbocycles. The van der Waals surface area contributed by atoms with Crippen molar-refractivity contribution in [2.45, 2.75) is 12.3 Å². The van der Waals surface area contributed by atoms with Crippen LogP contribution in [0.4, 0.5) is 0 Å². The highest BCUT2D eigenvalue weighted by molar-refractivity contribution is 5.88. The molecule has 88 valence electrons. The molecule has 17 heavy (non-hydrogen) atoms. The fraction of sp³-hybridized carbons (Fsp3) is 0.333. The molecule has 3 heterocycles. The van der Waals surface area contributed by atoms with Crippen molar-refractivity contribution in [1.82, 2.24) is 14.7 Å². The molecule has 5 nitrogen and oxygen atoms in total. The lowest BCUT2D eigenvalue weighted by atomic mass is 10.1. The molecule has 1 aliphatic heterocycles. The van der Waals surface area contributed by atoms with Crippen molar-refractivity contribution in [2.75, 3.05) is 13.1 Å². The molecule has 0 bridgehead atoms. The molecule has 1 aliphatic rings. The second kappa shape index (κ2) is 3.85. The molecule has 0 saturated carbocycles. The van der Waals surface area contributed by atoms with Crippen LogP contribution in [0.25, 0.3) is 5.52 Å². The van der Waals surface area contributed by atoms with E-state index in [0.717, 1.165) is 30.9 Å². The summed E-state index contributed by atoms with van der Waals surface area (Å²) in [6.45, 7) is 1.96. The van der Waals surface area contributed by atoms with E-state index in [1.165, 1.54) is 0 Å². The van der Waals surface area contributed by atoms with E-state index in [4.69, 9.17) is 5.11 Å². The summed E-state index contributed by atoms with van der Waals surface area (Å²) in [5.74, 6) is 0.535. The van der Waals surface area contributed by atoms with Crippen LogP contribution in [0.3, 0.4) is 0 Å². The lowest BCUT2D eigenvalue weighted by Gasteiger charge is -2.07. The molecule has 1 fully saturated rings. The maximum absolute atomic E-state index is 10.9. The first-order chi connectivity index (χ1) is 8.25. The molecule has 1 saturated heterocycles. The van der Waals surface area contributed by atoms with Gasteiger partial charge < -0.3 is 14.8 Å². The third-order valence-corrected chi connectivity index (χ3v) is 3.23. The highest BCUT2D eigenvalue weighted by Crippen LogP contribution is 2.22. The van der Waals surface area contributed by atoms with Crippen molar-refractivity contribution in [3.8, 4) is 0 Å². The fourth-order valence-electron chi connectivity index (χ4n) is 2.33. The molecule has 0 aromatic carbocycles. The average Bonchev–Trinajstić information content (AvgIpc) is 2.96. The minimum absolute atomic E-state index is 0.300.